The van der Waals surface area contributed by atoms with E-state index in [1.165, 1.54) is 0 Å². The molecule has 1 heterocycles. The molecule has 0 aromatic heterocycles. The number of β-amino-alcohol motifs (C(OH)–C–C–N with tert-alkyl or cyclic N) is 1. The van der Waals surface area contributed by atoms with E-state index < -0.39 is 6.10 Å². The van der Waals surface area contributed by atoms with Gasteiger partial charge in [0.2, 0.25) is 0 Å². The molecule has 0 radical (unpaired) electrons. The molecule has 1 aliphatic rings. The van der Waals surface area contributed by atoms with Crippen molar-refractivity contribution in [1.82, 2.24) is 5.32 Å². The van der Waals surface area contributed by atoms with Crippen molar-refractivity contribution in [3.63, 3.8) is 0 Å². The first-order chi connectivity index (χ1) is 9.87. The zero-order valence-corrected chi connectivity index (χ0v) is 13.1. The summed E-state index contributed by atoms with van der Waals surface area (Å²) in [6.45, 7) is 8.70. The molecular weight excluding hydrogens is 260 g/mol. The molecule has 1 aliphatic heterocycles. The summed E-state index contributed by atoms with van der Waals surface area (Å²) in [5.41, 5.74) is 9.44. The van der Waals surface area contributed by atoms with E-state index in [0.717, 1.165) is 16.8 Å². The van der Waals surface area contributed by atoms with Gasteiger partial charge in [-0.05, 0) is 39.0 Å². The largest absolute Gasteiger partial charge is 0.385 e. The molecule has 3 heteroatoms. The van der Waals surface area contributed by atoms with Gasteiger partial charge in [-0.1, -0.05) is 30.0 Å². The fraction of sp³-hybridized carbons (Fsp3) is 0.389. The maximum atomic E-state index is 10.3. The predicted molar refractivity (Wildman–Crippen MR) is 87.4 cm³/mol. The first kappa shape index (κ1) is 15.5. The Morgan fingerprint density at radius 1 is 1.29 bits per heavy atom. The van der Waals surface area contributed by atoms with Gasteiger partial charge in [0.05, 0.1) is 5.71 Å². The van der Waals surface area contributed by atoms with Crippen LogP contribution in [0.15, 0.2) is 46.8 Å². The Balaban J connectivity index is 2.18. The van der Waals surface area contributed by atoms with Crippen LogP contribution >= 0.6 is 0 Å². The topological polar surface area (TPSA) is 44.6 Å². The van der Waals surface area contributed by atoms with Crippen molar-refractivity contribution in [2.45, 2.75) is 39.3 Å². The Bertz CT molecular complexity index is 652. The van der Waals surface area contributed by atoms with Crippen LogP contribution in [-0.4, -0.2) is 29.0 Å². The van der Waals surface area contributed by atoms with Gasteiger partial charge in [-0.3, -0.25) is 0 Å². The van der Waals surface area contributed by atoms with Gasteiger partial charge in [0, 0.05) is 23.7 Å². The van der Waals surface area contributed by atoms with E-state index in [1.807, 2.05) is 31.2 Å². The monoisotopic (exact) mass is 282 g/mol. The van der Waals surface area contributed by atoms with E-state index in [-0.39, 0.29) is 5.54 Å². The number of aryl methyl sites for hydroxylation is 1. The van der Waals surface area contributed by atoms with E-state index in [9.17, 15) is 5.11 Å². The summed E-state index contributed by atoms with van der Waals surface area (Å²) in [7, 11) is 0. The molecule has 0 saturated heterocycles. The van der Waals surface area contributed by atoms with E-state index in [0.29, 0.717) is 12.3 Å². The number of hydrogen-bond donors (Lipinski definition) is 2. The number of aliphatic hydroxyl groups is 1. The minimum Gasteiger partial charge on any atom is -0.385 e. The normalized spacial score (nSPS) is 15.7. The second-order valence-electron chi connectivity index (χ2n) is 6.26. The highest BCUT2D eigenvalue weighted by atomic mass is 16.3. The smallest absolute Gasteiger partial charge is 0.121 e. The molecule has 0 aliphatic carbocycles. The Labute approximate surface area is 126 Å². The third-order valence-electron chi connectivity index (χ3n) is 3.22. The van der Waals surface area contributed by atoms with Crippen LogP contribution in [0.5, 0.6) is 0 Å². The van der Waals surface area contributed by atoms with Crippen molar-refractivity contribution in [2.75, 3.05) is 6.54 Å². The van der Waals surface area contributed by atoms with Crippen LogP contribution in [0.25, 0.3) is 5.70 Å². The maximum Gasteiger partial charge on any atom is 0.121 e. The fourth-order valence-electron chi connectivity index (χ4n) is 2.01. The lowest BCUT2D eigenvalue weighted by Crippen LogP contribution is -2.43. The van der Waals surface area contributed by atoms with Gasteiger partial charge in [0.1, 0.15) is 11.8 Å². The van der Waals surface area contributed by atoms with Gasteiger partial charge in [0.25, 0.3) is 0 Å². The third-order valence-corrected chi connectivity index (χ3v) is 3.22. The summed E-state index contributed by atoms with van der Waals surface area (Å²) in [6.07, 6.45) is 1.04. The number of hydrogen-bond acceptors (Lipinski definition) is 3. The van der Waals surface area contributed by atoms with Crippen molar-refractivity contribution < 1.29 is 5.11 Å². The zero-order chi connectivity index (χ0) is 15.5. The highest BCUT2D eigenvalue weighted by molar-refractivity contribution is 6.02. The fourth-order valence-corrected chi connectivity index (χ4v) is 2.01. The van der Waals surface area contributed by atoms with E-state index in [1.54, 1.807) is 6.08 Å². The SMILES string of the molecule is Cc1ccccc1C1=C=C=CC([C@H](O)CNC(C)(C)C)=N1. The number of nitrogens with one attached hydrogen (secondary N) is 1. The minimum atomic E-state index is -0.655. The minimum absolute atomic E-state index is 0.0373. The highest BCUT2D eigenvalue weighted by Crippen LogP contribution is 2.20. The molecule has 1 atom stereocenters. The summed E-state index contributed by atoms with van der Waals surface area (Å²) in [6, 6.07) is 8.01. The van der Waals surface area contributed by atoms with Gasteiger partial charge in [-0.25, -0.2) is 4.99 Å². The molecule has 0 unspecified atom stereocenters. The molecule has 1 aromatic rings. The lowest BCUT2D eigenvalue weighted by atomic mass is 10.0. The van der Waals surface area contributed by atoms with Crippen LogP contribution in [0.2, 0.25) is 0 Å². The van der Waals surface area contributed by atoms with Crippen LogP contribution in [-0.2, 0) is 0 Å². The second-order valence-corrected chi connectivity index (χ2v) is 6.26. The van der Waals surface area contributed by atoms with Crippen LogP contribution in [0.1, 0.15) is 31.9 Å². The molecule has 21 heavy (non-hydrogen) atoms. The van der Waals surface area contributed by atoms with Crippen LogP contribution in [0.3, 0.4) is 0 Å². The average Bonchev–Trinajstić information content (AvgIpc) is 2.44. The molecular formula is C18H22N2O. The number of rotatable bonds is 4. The summed E-state index contributed by atoms with van der Waals surface area (Å²) in [5, 5.41) is 13.5. The Morgan fingerprint density at radius 3 is 2.67 bits per heavy atom. The van der Waals surface area contributed by atoms with Crippen molar-refractivity contribution in [3.05, 3.63) is 52.9 Å². The summed E-state index contributed by atoms with van der Waals surface area (Å²) in [4.78, 5) is 4.53. The molecule has 3 nitrogen and oxygen atoms in total. The Hall–Kier alpha value is -1.89. The summed E-state index contributed by atoms with van der Waals surface area (Å²) >= 11 is 0. The first-order valence-corrected chi connectivity index (χ1v) is 7.16. The molecule has 110 valence electrons. The summed E-state index contributed by atoms with van der Waals surface area (Å²) < 4.78 is 0. The number of benzene rings is 1. The van der Waals surface area contributed by atoms with Crippen molar-refractivity contribution in [1.29, 1.82) is 0 Å². The van der Waals surface area contributed by atoms with Crippen LogP contribution < -0.4 is 5.32 Å². The van der Waals surface area contributed by atoms with E-state index in [2.05, 4.69) is 42.5 Å². The molecule has 0 spiro atoms. The number of aliphatic imine (C=N–C) groups is 1. The Kier molecular flexibility index (Phi) is 4.62. The molecule has 0 bridgehead atoms. The van der Waals surface area contributed by atoms with Crippen molar-refractivity contribution in [3.8, 4) is 0 Å². The second kappa shape index (κ2) is 6.26. The molecule has 0 saturated carbocycles. The van der Waals surface area contributed by atoms with Gasteiger partial charge in [-0.15, -0.1) is 0 Å². The molecule has 0 amide bonds. The first-order valence-electron chi connectivity index (χ1n) is 7.16. The van der Waals surface area contributed by atoms with Crippen molar-refractivity contribution in [2.24, 2.45) is 4.99 Å². The zero-order valence-electron chi connectivity index (χ0n) is 13.1. The van der Waals surface area contributed by atoms with Gasteiger partial charge >= 0.3 is 0 Å². The molecule has 2 rings (SSSR count). The summed E-state index contributed by atoms with van der Waals surface area (Å²) in [5.74, 6) is 0. The van der Waals surface area contributed by atoms with E-state index >= 15 is 0 Å². The van der Waals surface area contributed by atoms with Gasteiger partial charge in [0.15, 0.2) is 0 Å². The maximum absolute atomic E-state index is 10.3. The predicted octanol–water partition coefficient (Wildman–Crippen LogP) is 2.85. The average molecular weight is 282 g/mol. The lowest BCUT2D eigenvalue weighted by Gasteiger charge is -2.23. The highest BCUT2D eigenvalue weighted by Gasteiger charge is 2.17. The van der Waals surface area contributed by atoms with Crippen LogP contribution in [0, 0.1) is 6.92 Å². The molecule has 0 fully saturated rings. The quantitative estimate of drug-likeness (QED) is 0.834. The number of nitrogens with zero attached hydrogens (tertiary/aromatic N) is 1. The van der Waals surface area contributed by atoms with Crippen LogP contribution in [0.4, 0.5) is 0 Å². The van der Waals surface area contributed by atoms with E-state index in [4.69, 9.17) is 0 Å². The van der Waals surface area contributed by atoms with Gasteiger partial charge < -0.3 is 10.4 Å². The lowest BCUT2D eigenvalue weighted by molar-refractivity contribution is 0.222. The third kappa shape index (κ3) is 4.29. The molecule has 1 aromatic carbocycles. The standard InChI is InChI=1S/C18H22N2O/c1-13-8-5-6-9-14(13)15-10-7-11-16(20-15)17(21)12-19-18(2,3)4/h5-6,8-9,11,17,19,21H,12H2,1-4H3/t17-/m1/s1. The molecule has 2 N–H and O–H groups in total. The van der Waals surface area contributed by atoms with Crippen molar-refractivity contribution >= 4 is 11.4 Å². The number of aliphatic hydroxyl groups excluding tert-OH is 1. The Morgan fingerprint density at radius 2 is 2.00 bits per heavy atom. The van der Waals surface area contributed by atoms with Gasteiger partial charge in [-0.2, -0.15) is 0 Å².